The van der Waals surface area contributed by atoms with Crippen molar-refractivity contribution in [3.63, 3.8) is 0 Å². The van der Waals surface area contributed by atoms with Crippen LogP contribution < -0.4 is 5.73 Å². The molecule has 1 aromatic heterocycles. The maximum Gasteiger partial charge on any atom is 0.133 e. The van der Waals surface area contributed by atoms with Gasteiger partial charge in [0.05, 0.1) is 30.1 Å². The van der Waals surface area contributed by atoms with Crippen LogP contribution in [-0.2, 0) is 11.3 Å². The van der Waals surface area contributed by atoms with Gasteiger partial charge in [0.25, 0.3) is 0 Å². The van der Waals surface area contributed by atoms with Gasteiger partial charge < -0.3 is 10.5 Å². The van der Waals surface area contributed by atoms with Gasteiger partial charge >= 0.3 is 0 Å². The zero-order valence-corrected chi connectivity index (χ0v) is 10.6. The molecule has 0 saturated heterocycles. The predicted molar refractivity (Wildman–Crippen MR) is 68.9 cm³/mol. The highest BCUT2D eigenvalue weighted by Gasteiger charge is 2.10. The number of nitrogens with two attached hydrogens (primary N) is 1. The summed E-state index contributed by atoms with van der Waals surface area (Å²) in [5, 5.41) is 4.45. The lowest BCUT2D eigenvalue weighted by atomic mass is 10.1. The lowest BCUT2D eigenvalue weighted by molar-refractivity contribution is 0.183. The van der Waals surface area contributed by atoms with Crippen molar-refractivity contribution < 1.29 is 9.13 Å². The molecule has 0 radical (unpaired) electrons. The predicted octanol–water partition coefficient (Wildman–Crippen LogP) is 2.57. The largest absolute Gasteiger partial charge is 0.397 e. The number of methoxy groups -OCH3 is 1. The van der Waals surface area contributed by atoms with Crippen LogP contribution in [0.5, 0.6) is 0 Å². The smallest absolute Gasteiger partial charge is 0.133 e. The van der Waals surface area contributed by atoms with Crippen molar-refractivity contribution >= 4 is 17.3 Å². The van der Waals surface area contributed by atoms with Gasteiger partial charge in [0.2, 0.25) is 0 Å². The second-order valence-corrected chi connectivity index (χ2v) is 4.25. The third-order valence-corrected chi connectivity index (χ3v) is 2.88. The normalized spacial score (nSPS) is 10.8. The van der Waals surface area contributed by atoms with E-state index in [4.69, 9.17) is 22.1 Å². The first-order chi connectivity index (χ1) is 8.61. The molecule has 0 aliphatic carbocycles. The fraction of sp³-hybridized carbons (Fsp3) is 0.250. The number of aromatic nitrogens is 2. The van der Waals surface area contributed by atoms with Crippen molar-refractivity contribution in [3.05, 3.63) is 35.4 Å². The Kier molecular flexibility index (Phi) is 3.84. The van der Waals surface area contributed by atoms with Crippen LogP contribution in [0.25, 0.3) is 11.1 Å². The van der Waals surface area contributed by atoms with Gasteiger partial charge in [0.1, 0.15) is 5.82 Å². The summed E-state index contributed by atoms with van der Waals surface area (Å²) < 4.78 is 20.4. The second kappa shape index (κ2) is 5.37. The minimum atomic E-state index is -0.414. The van der Waals surface area contributed by atoms with E-state index in [2.05, 4.69) is 5.10 Å². The molecule has 1 aromatic carbocycles. The minimum Gasteiger partial charge on any atom is -0.397 e. The van der Waals surface area contributed by atoms with Gasteiger partial charge in [-0.3, -0.25) is 4.68 Å². The fourth-order valence-corrected chi connectivity index (χ4v) is 1.76. The van der Waals surface area contributed by atoms with Gasteiger partial charge in [-0.2, -0.15) is 5.10 Å². The first-order valence-electron chi connectivity index (χ1n) is 5.38. The topological polar surface area (TPSA) is 53.1 Å². The Bertz CT molecular complexity index is 556. The molecule has 0 aliphatic heterocycles. The van der Waals surface area contributed by atoms with Crippen molar-refractivity contribution in [3.8, 4) is 11.1 Å². The summed E-state index contributed by atoms with van der Waals surface area (Å²) in [6.45, 7) is 1.16. The summed E-state index contributed by atoms with van der Waals surface area (Å²) >= 11 is 5.89. The average molecular weight is 270 g/mol. The van der Waals surface area contributed by atoms with Crippen LogP contribution in [0.3, 0.4) is 0 Å². The molecule has 0 bridgehead atoms. The van der Waals surface area contributed by atoms with Gasteiger partial charge in [-0.05, 0) is 12.1 Å². The number of rotatable bonds is 4. The van der Waals surface area contributed by atoms with Crippen molar-refractivity contribution in [2.45, 2.75) is 6.54 Å². The summed E-state index contributed by atoms with van der Waals surface area (Å²) in [7, 11) is 1.61. The number of hydrogen-bond acceptors (Lipinski definition) is 3. The molecule has 96 valence electrons. The zero-order chi connectivity index (χ0) is 13.1. The average Bonchev–Trinajstić information content (AvgIpc) is 2.79. The van der Waals surface area contributed by atoms with Crippen LogP contribution in [-0.4, -0.2) is 23.5 Å². The molecule has 2 rings (SSSR count). The van der Waals surface area contributed by atoms with E-state index in [-0.39, 0.29) is 5.69 Å². The summed E-state index contributed by atoms with van der Waals surface area (Å²) in [5.41, 5.74) is 6.80. The van der Waals surface area contributed by atoms with Crippen LogP contribution >= 0.6 is 11.6 Å². The first kappa shape index (κ1) is 12.9. The van der Waals surface area contributed by atoms with E-state index >= 15 is 0 Å². The first-order valence-corrected chi connectivity index (χ1v) is 5.76. The Balaban J connectivity index is 2.31. The zero-order valence-electron chi connectivity index (χ0n) is 9.86. The summed E-state index contributed by atoms with van der Waals surface area (Å²) in [5.74, 6) is -0.414. The molecular weight excluding hydrogens is 257 g/mol. The van der Waals surface area contributed by atoms with Gasteiger partial charge in [0.15, 0.2) is 0 Å². The maximum absolute atomic E-state index is 13.8. The highest BCUT2D eigenvalue weighted by molar-refractivity contribution is 6.33. The lowest BCUT2D eigenvalue weighted by Gasteiger charge is -2.04. The number of anilines is 1. The lowest BCUT2D eigenvalue weighted by Crippen LogP contribution is -2.03. The molecule has 0 spiro atoms. The SMILES string of the molecule is COCCn1cc(-c2cc(Cl)c(N)cc2F)cn1. The standard InChI is InChI=1S/C12H13ClFN3O/c1-18-3-2-17-7-8(6-16-17)9-4-10(13)12(15)5-11(9)14/h4-7H,2-3,15H2,1H3. The minimum absolute atomic E-state index is 0.227. The number of nitrogens with zero attached hydrogens (tertiary/aromatic N) is 2. The Morgan fingerprint density at radius 1 is 1.50 bits per heavy atom. The monoisotopic (exact) mass is 269 g/mol. The molecule has 4 nitrogen and oxygen atoms in total. The maximum atomic E-state index is 13.8. The molecule has 0 saturated carbocycles. The van der Waals surface area contributed by atoms with Crippen LogP contribution in [0, 0.1) is 5.82 Å². The van der Waals surface area contributed by atoms with E-state index in [0.717, 1.165) is 0 Å². The quantitative estimate of drug-likeness (QED) is 0.868. The van der Waals surface area contributed by atoms with Crippen LogP contribution in [0.15, 0.2) is 24.5 Å². The van der Waals surface area contributed by atoms with Crippen LogP contribution in [0.4, 0.5) is 10.1 Å². The van der Waals surface area contributed by atoms with Crippen LogP contribution in [0.1, 0.15) is 0 Å². The highest BCUT2D eigenvalue weighted by atomic mass is 35.5. The van der Waals surface area contributed by atoms with E-state index in [0.29, 0.717) is 29.3 Å². The van der Waals surface area contributed by atoms with Gasteiger partial charge in [-0.25, -0.2) is 4.39 Å². The van der Waals surface area contributed by atoms with Crippen molar-refractivity contribution in [2.75, 3.05) is 19.5 Å². The molecule has 0 atom stereocenters. The van der Waals surface area contributed by atoms with Crippen molar-refractivity contribution in [1.82, 2.24) is 9.78 Å². The fourth-order valence-electron chi connectivity index (χ4n) is 1.59. The Morgan fingerprint density at radius 2 is 2.28 bits per heavy atom. The summed E-state index contributed by atoms with van der Waals surface area (Å²) in [6, 6.07) is 2.72. The molecule has 2 aromatic rings. The second-order valence-electron chi connectivity index (χ2n) is 3.84. The van der Waals surface area contributed by atoms with Gasteiger partial charge in [0, 0.05) is 24.4 Å². The number of benzene rings is 1. The molecule has 2 N–H and O–H groups in total. The summed E-state index contributed by atoms with van der Waals surface area (Å²) in [4.78, 5) is 0. The van der Waals surface area contributed by atoms with E-state index in [1.165, 1.54) is 12.1 Å². The third-order valence-electron chi connectivity index (χ3n) is 2.56. The molecule has 6 heteroatoms. The van der Waals surface area contributed by atoms with Crippen molar-refractivity contribution in [1.29, 1.82) is 0 Å². The van der Waals surface area contributed by atoms with E-state index in [9.17, 15) is 4.39 Å². The Morgan fingerprint density at radius 3 is 3.00 bits per heavy atom. The van der Waals surface area contributed by atoms with Gasteiger partial charge in [-0.1, -0.05) is 11.6 Å². The van der Waals surface area contributed by atoms with E-state index < -0.39 is 5.82 Å². The van der Waals surface area contributed by atoms with Gasteiger partial charge in [-0.15, -0.1) is 0 Å². The summed E-state index contributed by atoms with van der Waals surface area (Å²) in [6.07, 6.45) is 3.32. The molecule has 0 aliphatic rings. The Labute approximate surface area is 109 Å². The van der Waals surface area contributed by atoms with Crippen molar-refractivity contribution in [2.24, 2.45) is 0 Å². The third kappa shape index (κ3) is 2.63. The number of ether oxygens (including phenoxy) is 1. The molecule has 0 amide bonds. The Hall–Kier alpha value is -1.59. The number of nitrogen functional groups attached to an aromatic ring is 1. The number of hydrogen-bond donors (Lipinski definition) is 1. The molecule has 18 heavy (non-hydrogen) atoms. The highest BCUT2D eigenvalue weighted by Crippen LogP contribution is 2.29. The molecular formula is C12H13ClFN3O. The molecule has 0 fully saturated rings. The van der Waals surface area contributed by atoms with Crippen LogP contribution in [0.2, 0.25) is 5.02 Å². The number of halogens is 2. The molecule has 1 heterocycles. The van der Waals surface area contributed by atoms with E-state index in [1.54, 1.807) is 24.2 Å². The van der Waals surface area contributed by atoms with E-state index in [1.807, 2.05) is 0 Å². The molecule has 0 unspecified atom stereocenters.